The number of halogens is 1. The van der Waals surface area contributed by atoms with Crippen LogP contribution in [0.2, 0.25) is 0 Å². The van der Waals surface area contributed by atoms with Crippen molar-refractivity contribution >= 4 is 5.69 Å². The van der Waals surface area contributed by atoms with E-state index in [1.165, 1.54) is 12.1 Å². The van der Waals surface area contributed by atoms with E-state index in [-0.39, 0.29) is 5.82 Å². The molecule has 1 unspecified atom stereocenters. The van der Waals surface area contributed by atoms with Gasteiger partial charge in [0.15, 0.2) is 0 Å². The molecule has 2 aromatic heterocycles. The molecule has 1 N–H and O–H groups in total. The van der Waals surface area contributed by atoms with Crippen LogP contribution in [0.5, 0.6) is 0 Å². The lowest BCUT2D eigenvalue weighted by atomic mass is 10.2. The van der Waals surface area contributed by atoms with Crippen LogP contribution in [0.3, 0.4) is 0 Å². The summed E-state index contributed by atoms with van der Waals surface area (Å²) in [7, 11) is 0. The quantitative estimate of drug-likeness (QED) is 0.735. The van der Waals surface area contributed by atoms with Crippen LogP contribution in [-0.2, 0) is 6.42 Å². The Labute approximate surface area is 151 Å². The fraction of sp³-hybridized carbons (Fsp3) is 0.316. The van der Waals surface area contributed by atoms with E-state index < -0.39 is 0 Å². The van der Waals surface area contributed by atoms with Gasteiger partial charge >= 0.3 is 0 Å². The standard InChI is InChI=1S/C19H20FN5O/c20-14-4-6-16(7-5-14)25-12-9-15(13-25)21-11-8-18-23-19(24-26-18)17-3-1-2-10-22-17/h1-7,10,15,21H,8-9,11-13H2. The molecular formula is C19H20FN5O. The number of nitrogens with zero attached hydrogens (tertiary/aromatic N) is 4. The monoisotopic (exact) mass is 353 g/mol. The minimum Gasteiger partial charge on any atom is -0.370 e. The van der Waals surface area contributed by atoms with Crippen molar-refractivity contribution in [2.24, 2.45) is 0 Å². The minimum atomic E-state index is -0.202. The van der Waals surface area contributed by atoms with E-state index in [2.05, 4.69) is 25.3 Å². The van der Waals surface area contributed by atoms with Gasteiger partial charge in [-0.05, 0) is 42.8 Å². The number of rotatable bonds is 6. The van der Waals surface area contributed by atoms with Gasteiger partial charge in [-0.1, -0.05) is 11.2 Å². The average molecular weight is 353 g/mol. The van der Waals surface area contributed by atoms with Gasteiger partial charge in [0.05, 0.1) is 0 Å². The highest BCUT2D eigenvalue weighted by molar-refractivity contribution is 5.48. The first-order chi connectivity index (χ1) is 12.8. The number of hydrogen-bond donors (Lipinski definition) is 1. The van der Waals surface area contributed by atoms with Crippen LogP contribution in [-0.4, -0.2) is 40.8 Å². The summed E-state index contributed by atoms with van der Waals surface area (Å²) in [4.78, 5) is 10.9. The molecule has 3 heterocycles. The summed E-state index contributed by atoms with van der Waals surface area (Å²) in [5.41, 5.74) is 1.77. The summed E-state index contributed by atoms with van der Waals surface area (Å²) in [6, 6.07) is 12.7. The third-order valence-corrected chi connectivity index (χ3v) is 4.51. The van der Waals surface area contributed by atoms with Gasteiger partial charge in [-0.2, -0.15) is 4.98 Å². The zero-order chi connectivity index (χ0) is 17.8. The highest BCUT2D eigenvalue weighted by Crippen LogP contribution is 2.20. The van der Waals surface area contributed by atoms with Gasteiger partial charge in [0.1, 0.15) is 11.5 Å². The number of pyridine rings is 1. The van der Waals surface area contributed by atoms with Crippen molar-refractivity contribution in [1.29, 1.82) is 0 Å². The normalized spacial score (nSPS) is 17.0. The molecule has 0 saturated carbocycles. The summed E-state index contributed by atoms with van der Waals surface area (Å²) in [6.45, 7) is 2.65. The molecule has 0 aliphatic carbocycles. The molecule has 4 rings (SSSR count). The van der Waals surface area contributed by atoms with Crippen LogP contribution < -0.4 is 10.2 Å². The second-order valence-corrected chi connectivity index (χ2v) is 6.34. The van der Waals surface area contributed by atoms with Gasteiger partial charge in [0.25, 0.3) is 0 Å². The van der Waals surface area contributed by atoms with Crippen LogP contribution in [0.25, 0.3) is 11.5 Å². The van der Waals surface area contributed by atoms with Crippen molar-refractivity contribution < 1.29 is 8.91 Å². The van der Waals surface area contributed by atoms with Crippen molar-refractivity contribution in [2.45, 2.75) is 18.9 Å². The molecule has 1 aliphatic rings. The van der Waals surface area contributed by atoms with E-state index in [1.807, 2.05) is 30.3 Å². The number of aromatic nitrogens is 3. The van der Waals surface area contributed by atoms with E-state index in [9.17, 15) is 4.39 Å². The van der Waals surface area contributed by atoms with Crippen molar-refractivity contribution in [1.82, 2.24) is 20.4 Å². The molecule has 6 nitrogen and oxygen atoms in total. The summed E-state index contributed by atoms with van der Waals surface area (Å²) in [5.74, 6) is 0.919. The first kappa shape index (κ1) is 16.7. The Morgan fingerprint density at radius 1 is 1.19 bits per heavy atom. The van der Waals surface area contributed by atoms with Gasteiger partial charge < -0.3 is 14.7 Å². The largest absolute Gasteiger partial charge is 0.370 e. The third-order valence-electron chi connectivity index (χ3n) is 4.51. The topological polar surface area (TPSA) is 67.1 Å². The summed E-state index contributed by atoms with van der Waals surface area (Å²) < 4.78 is 18.3. The Balaban J connectivity index is 1.25. The van der Waals surface area contributed by atoms with E-state index in [4.69, 9.17) is 4.52 Å². The Kier molecular flexibility index (Phi) is 4.88. The lowest BCUT2D eigenvalue weighted by Gasteiger charge is -2.19. The first-order valence-corrected chi connectivity index (χ1v) is 8.76. The predicted octanol–water partition coefficient (Wildman–Crippen LogP) is 2.68. The molecule has 134 valence electrons. The van der Waals surface area contributed by atoms with Crippen LogP contribution in [0.4, 0.5) is 10.1 Å². The maximum absolute atomic E-state index is 13.0. The molecule has 0 spiro atoms. The van der Waals surface area contributed by atoms with Crippen LogP contribution in [0.1, 0.15) is 12.3 Å². The minimum absolute atomic E-state index is 0.202. The molecule has 26 heavy (non-hydrogen) atoms. The zero-order valence-corrected chi connectivity index (χ0v) is 14.3. The lowest BCUT2D eigenvalue weighted by molar-refractivity contribution is 0.373. The number of nitrogens with one attached hydrogen (secondary N) is 1. The Hall–Kier alpha value is -2.80. The highest BCUT2D eigenvalue weighted by atomic mass is 19.1. The molecule has 1 saturated heterocycles. The van der Waals surface area contributed by atoms with E-state index in [0.29, 0.717) is 29.9 Å². The maximum Gasteiger partial charge on any atom is 0.228 e. The molecule has 1 atom stereocenters. The van der Waals surface area contributed by atoms with Crippen molar-refractivity contribution in [3.05, 3.63) is 60.4 Å². The number of anilines is 1. The number of hydrogen-bond acceptors (Lipinski definition) is 6. The lowest BCUT2D eigenvalue weighted by Crippen LogP contribution is -2.33. The second-order valence-electron chi connectivity index (χ2n) is 6.34. The fourth-order valence-electron chi connectivity index (χ4n) is 3.15. The van der Waals surface area contributed by atoms with Gasteiger partial charge in [-0.3, -0.25) is 4.98 Å². The third kappa shape index (κ3) is 3.88. The Morgan fingerprint density at radius 2 is 2.08 bits per heavy atom. The van der Waals surface area contributed by atoms with E-state index >= 15 is 0 Å². The van der Waals surface area contributed by atoms with Crippen LogP contribution in [0.15, 0.2) is 53.2 Å². The fourth-order valence-corrected chi connectivity index (χ4v) is 3.15. The van der Waals surface area contributed by atoms with Gasteiger partial charge in [0, 0.05) is 44.0 Å². The van der Waals surface area contributed by atoms with E-state index in [1.54, 1.807) is 6.20 Å². The summed E-state index contributed by atoms with van der Waals surface area (Å²) in [6.07, 6.45) is 3.44. The van der Waals surface area contributed by atoms with Crippen molar-refractivity contribution in [3.8, 4) is 11.5 Å². The van der Waals surface area contributed by atoms with Gasteiger partial charge in [0.2, 0.25) is 11.7 Å². The van der Waals surface area contributed by atoms with Gasteiger partial charge in [-0.15, -0.1) is 0 Å². The highest BCUT2D eigenvalue weighted by Gasteiger charge is 2.22. The molecule has 1 aliphatic heterocycles. The second kappa shape index (κ2) is 7.61. The molecule has 7 heteroatoms. The van der Waals surface area contributed by atoms with Gasteiger partial charge in [-0.25, -0.2) is 4.39 Å². The van der Waals surface area contributed by atoms with Crippen molar-refractivity contribution in [3.63, 3.8) is 0 Å². The molecule has 0 amide bonds. The Morgan fingerprint density at radius 3 is 2.88 bits per heavy atom. The first-order valence-electron chi connectivity index (χ1n) is 8.76. The van der Waals surface area contributed by atoms with Crippen LogP contribution in [0, 0.1) is 5.82 Å². The van der Waals surface area contributed by atoms with E-state index in [0.717, 1.165) is 31.7 Å². The SMILES string of the molecule is Fc1ccc(N2CCC(NCCc3nc(-c4ccccn4)no3)C2)cc1. The zero-order valence-electron chi connectivity index (χ0n) is 14.3. The average Bonchev–Trinajstić information content (AvgIpc) is 3.33. The van der Waals surface area contributed by atoms with Crippen LogP contribution >= 0.6 is 0 Å². The Bertz CT molecular complexity index is 837. The smallest absolute Gasteiger partial charge is 0.228 e. The molecule has 1 aromatic carbocycles. The molecule has 0 bridgehead atoms. The number of benzene rings is 1. The van der Waals surface area contributed by atoms with Crippen molar-refractivity contribution in [2.75, 3.05) is 24.5 Å². The molecule has 3 aromatic rings. The predicted molar refractivity (Wildman–Crippen MR) is 96.3 cm³/mol. The summed E-state index contributed by atoms with van der Waals surface area (Å²) in [5, 5.41) is 7.51. The molecule has 1 fully saturated rings. The summed E-state index contributed by atoms with van der Waals surface area (Å²) >= 11 is 0. The molecule has 0 radical (unpaired) electrons. The maximum atomic E-state index is 13.0. The molecular weight excluding hydrogens is 333 g/mol.